The van der Waals surface area contributed by atoms with Gasteiger partial charge in [0, 0.05) is 31.8 Å². The van der Waals surface area contributed by atoms with Gasteiger partial charge in [-0.05, 0) is 23.7 Å². The van der Waals surface area contributed by atoms with E-state index in [1.54, 1.807) is 30.9 Å². The number of nitrogens with zero attached hydrogens (tertiary/aromatic N) is 4. The van der Waals surface area contributed by atoms with Crippen molar-refractivity contribution in [3.8, 4) is 10.7 Å². The van der Waals surface area contributed by atoms with Crippen LogP contribution >= 0.6 is 34.7 Å². The Morgan fingerprint density at radius 1 is 1.29 bits per heavy atom. The lowest BCUT2D eigenvalue weighted by atomic mass is 10.2. The molecule has 31 heavy (non-hydrogen) atoms. The smallest absolute Gasteiger partial charge is 0.355 e. The third kappa shape index (κ3) is 2.91. The fourth-order valence-electron chi connectivity index (χ4n) is 3.97. The Kier molecular flexibility index (Phi) is 4.65. The Morgan fingerprint density at radius 2 is 2.06 bits per heavy atom. The van der Waals surface area contributed by atoms with E-state index in [2.05, 4.69) is 4.98 Å². The predicted molar refractivity (Wildman–Crippen MR) is 119 cm³/mol. The molecule has 1 aliphatic rings. The molecule has 0 spiro atoms. The topological polar surface area (TPSA) is 112 Å². The van der Waals surface area contributed by atoms with Crippen molar-refractivity contribution in [2.45, 2.75) is 11.8 Å². The average molecular weight is 479 g/mol. The molecule has 12 heteroatoms. The number of furan rings is 1. The normalized spacial score (nSPS) is 16.0. The Balaban J connectivity index is 1.93. The monoisotopic (exact) mass is 478 g/mol. The number of aryl methyl sites for hydroxylation is 1. The van der Waals surface area contributed by atoms with Crippen LogP contribution in [0, 0.1) is 0 Å². The first-order chi connectivity index (χ1) is 14.8. The molecule has 0 aliphatic carbocycles. The highest BCUT2D eigenvalue weighted by Gasteiger charge is 2.35. The van der Waals surface area contributed by atoms with E-state index in [-0.39, 0.29) is 16.2 Å². The first-order valence-corrected chi connectivity index (χ1v) is 11.5. The lowest BCUT2D eigenvalue weighted by Gasteiger charge is -2.24. The molecule has 0 saturated heterocycles. The third-order valence-corrected chi connectivity index (χ3v) is 7.59. The zero-order chi connectivity index (χ0) is 22.0. The lowest BCUT2D eigenvalue weighted by molar-refractivity contribution is 0.0691. The second kappa shape index (κ2) is 7.14. The zero-order valence-corrected chi connectivity index (χ0v) is 18.7. The van der Waals surface area contributed by atoms with Gasteiger partial charge in [0.2, 0.25) is 0 Å². The Bertz CT molecular complexity index is 1490. The molecule has 4 aromatic rings. The minimum atomic E-state index is -1.14. The molecule has 0 amide bonds. The molecule has 0 unspecified atom stereocenters. The second-order valence-corrected chi connectivity index (χ2v) is 9.49. The number of thioether (sulfide) groups is 1. The molecule has 1 aliphatic heterocycles. The van der Waals surface area contributed by atoms with Gasteiger partial charge in [-0.3, -0.25) is 13.9 Å². The van der Waals surface area contributed by atoms with Crippen LogP contribution in [0.5, 0.6) is 0 Å². The maximum Gasteiger partial charge on any atom is 0.355 e. The second-order valence-electron chi connectivity index (χ2n) is 7.05. The third-order valence-electron chi connectivity index (χ3n) is 5.33. The summed E-state index contributed by atoms with van der Waals surface area (Å²) >= 11 is 8.78. The summed E-state index contributed by atoms with van der Waals surface area (Å²) < 4.78 is 10.1. The first kappa shape index (κ1) is 20.2. The largest absolute Gasteiger partial charge is 0.476 e. The van der Waals surface area contributed by atoms with Gasteiger partial charge in [-0.25, -0.2) is 14.6 Å². The van der Waals surface area contributed by atoms with Crippen LogP contribution in [0.1, 0.15) is 27.2 Å². The van der Waals surface area contributed by atoms with Crippen molar-refractivity contribution in [3.05, 3.63) is 60.7 Å². The Labute approximate surface area is 187 Å². The molecule has 0 bridgehead atoms. The maximum absolute atomic E-state index is 13.2. The quantitative estimate of drug-likeness (QED) is 0.481. The van der Waals surface area contributed by atoms with Crippen LogP contribution in [0.2, 0.25) is 5.22 Å². The van der Waals surface area contributed by atoms with Crippen LogP contribution in [0.25, 0.3) is 21.6 Å². The summed E-state index contributed by atoms with van der Waals surface area (Å²) in [5.41, 5.74) is 0.737. The minimum Gasteiger partial charge on any atom is -0.476 e. The summed E-state index contributed by atoms with van der Waals surface area (Å²) in [6, 6.07) is 3.43. The maximum atomic E-state index is 13.2. The van der Waals surface area contributed by atoms with Gasteiger partial charge in [0.1, 0.15) is 16.0 Å². The number of carbonyl (C=O) groups is 1. The predicted octanol–water partition coefficient (Wildman–Crippen LogP) is 2.94. The fraction of sp³-hybridized carbons (Fsp3) is 0.263. The summed E-state index contributed by atoms with van der Waals surface area (Å²) in [4.78, 5) is 41.6. The first-order valence-electron chi connectivity index (χ1n) is 9.17. The van der Waals surface area contributed by atoms with Crippen LogP contribution in [0.4, 0.5) is 0 Å². The van der Waals surface area contributed by atoms with Gasteiger partial charge in [0.05, 0.1) is 22.3 Å². The van der Waals surface area contributed by atoms with Crippen molar-refractivity contribution in [2.75, 3.05) is 5.75 Å². The highest BCUT2D eigenvalue weighted by molar-refractivity contribution is 7.99. The van der Waals surface area contributed by atoms with Crippen LogP contribution in [-0.2, 0) is 20.6 Å². The zero-order valence-electron chi connectivity index (χ0n) is 16.3. The molecule has 9 nitrogen and oxygen atoms in total. The number of hydrogen-bond acceptors (Lipinski definition) is 7. The van der Waals surface area contributed by atoms with Gasteiger partial charge in [0.25, 0.3) is 5.56 Å². The lowest BCUT2D eigenvalue weighted by Crippen LogP contribution is -2.37. The van der Waals surface area contributed by atoms with Crippen molar-refractivity contribution in [3.63, 3.8) is 0 Å². The van der Waals surface area contributed by atoms with Crippen LogP contribution in [0.15, 0.2) is 31.5 Å². The van der Waals surface area contributed by atoms with Crippen molar-refractivity contribution in [2.24, 2.45) is 14.1 Å². The number of halogens is 1. The summed E-state index contributed by atoms with van der Waals surface area (Å²) in [5.74, 6) is 0.187. The van der Waals surface area contributed by atoms with Gasteiger partial charge < -0.3 is 14.1 Å². The van der Waals surface area contributed by atoms with E-state index >= 15 is 0 Å². The number of hydrogen-bond donors (Lipinski definition) is 1. The number of aromatic nitrogens is 4. The number of carboxylic acids is 1. The van der Waals surface area contributed by atoms with Crippen molar-refractivity contribution in [1.82, 2.24) is 18.7 Å². The van der Waals surface area contributed by atoms with Gasteiger partial charge in [-0.2, -0.15) is 0 Å². The molecule has 0 fully saturated rings. The van der Waals surface area contributed by atoms with E-state index < -0.39 is 17.2 Å². The molecule has 1 atom stereocenters. The van der Waals surface area contributed by atoms with Crippen LogP contribution in [0.3, 0.4) is 0 Å². The summed E-state index contributed by atoms with van der Waals surface area (Å²) in [6.45, 7) is 0.564. The van der Waals surface area contributed by atoms with Gasteiger partial charge in [-0.15, -0.1) is 23.1 Å². The van der Waals surface area contributed by atoms with E-state index in [0.29, 0.717) is 33.9 Å². The highest BCUT2D eigenvalue weighted by Crippen LogP contribution is 2.47. The summed E-state index contributed by atoms with van der Waals surface area (Å²) in [5, 5.41) is 11.5. The van der Waals surface area contributed by atoms with Gasteiger partial charge in [-0.1, -0.05) is 0 Å². The highest BCUT2D eigenvalue weighted by atomic mass is 35.5. The number of fused-ring (bicyclic) bond motifs is 3. The van der Waals surface area contributed by atoms with E-state index in [1.165, 1.54) is 17.0 Å². The van der Waals surface area contributed by atoms with Crippen LogP contribution in [-0.4, -0.2) is 35.5 Å². The molecule has 0 aromatic carbocycles. The average Bonchev–Trinajstić information content (AvgIpc) is 3.46. The van der Waals surface area contributed by atoms with Gasteiger partial charge in [0.15, 0.2) is 10.9 Å². The summed E-state index contributed by atoms with van der Waals surface area (Å²) in [7, 11) is 3.04. The summed E-state index contributed by atoms with van der Waals surface area (Å²) in [6.07, 6.45) is 0. The molecule has 4 aromatic heterocycles. The van der Waals surface area contributed by atoms with Crippen molar-refractivity contribution >= 4 is 51.6 Å². The van der Waals surface area contributed by atoms with E-state index in [9.17, 15) is 19.5 Å². The molecule has 0 radical (unpaired) electrons. The number of rotatable bonds is 3. The molecular formula is C19H15ClN4O5S2. The number of thiazole rings is 1. The molecule has 0 saturated carbocycles. The molecule has 5 rings (SSSR count). The Hall–Kier alpha value is -2.76. The van der Waals surface area contributed by atoms with E-state index in [1.807, 2.05) is 4.57 Å². The number of carboxylic acid groups (broad SMARTS) is 1. The van der Waals surface area contributed by atoms with E-state index in [0.717, 1.165) is 27.4 Å². The number of aromatic carboxylic acids is 1. The minimum absolute atomic E-state index is 0.0927. The molecular weight excluding hydrogens is 464 g/mol. The molecule has 160 valence electrons. The van der Waals surface area contributed by atoms with Crippen molar-refractivity contribution in [1.29, 1.82) is 0 Å². The Morgan fingerprint density at radius 3 is 2.71 bits per heavy atom. The molecule has 1 N–H and O–H groups in total. The van der Waals surface area contributed by atoms with Gasteiger partial charge >= 0.3 is 11.7 Å². The fourth-order valence-corrected chi connectivity index (χ4v) is 6.18. The SMILES string of the molecule is Cn1c(=O)c2c(-c3nc(C(=O)O)cs3)n3c(c2n(C)c1=O)[C@H](c1ccc(Cl)o1)SCC3. The molecule has 5 heterocycles. The van der Waals surface area contributed by atoms with Crippen LogP contribution < -0.4 is 11.2 Å². The van der Waals surface area contributed by atoms with E-state index in [4.69, 9.17) is 16.0 Å². The van der Waals surface area contributed by atoms with Crippen molar-refractivity contribution < 1.29 is 14.3 Å². The standard InChI is InChI=1S/C19H15ClN4O5S2/c1-22-12-11(17(25)23(2)19(22)28)13(16-21-8(7-31-16)18(26)27)24-5-6-30-15(14(12)24)9-3-4-10(20)29-9/h3-4,7,15H,5-6H2,1-2H3,(H,26,27)/t15-/m0/s1.